The SMILES string of the molecule is CC(C)(C)[Si](C)(C)OCc1ccc(Nc2nc(Cl)ccc2[N+](=O)[O-])cc1. The van der Waals surface area contributed by atoms with Crippen molar-refractivity contribution in [2.45, 2.75) is 45.5 Å². The maximum absolute atomic E-state index is 11.1. The highest BCUT2D eigenvalue weighted by Crippen LogP contribution is 2.37. The lowest BCUT2D eigenvalue weighted by Gasteiger charge is -2.36. The summed E-state index contributed by atoms with van der Waals surface area (Å²) in [7, 11) is -1.80. The Labute approximate surface area is 159 Å². The summed E-state index contributed by atoms with van der Waals surface area (Å²) in [6, 6.07) is 10.3. The zero-order chi connectivity index (χ0) is 19.5. The molecule has 1 heterocycles. The fourth-order valence-electron chi connectivity index (χ4n) is 1.97. The molecule has 0 aliphatic carbocycles. The van der Waals surface area contributed by atoms with Crippen molar-refractivity contribution in [2.75, 3.05) is 5.32 Å². The average molecular weight is 394 g/mol. The van der Waals surface area contributed by atoms with E-state index >= 15 is 0 Å². The van der Waals surface area contributed by atoms with Gasteiger partial charge in [0.15, 0.2) is 8.32 Å². The molecule has 0 atom stereocenters. The summed E-state index contributed by atoms with van der Waals surface area (Å²) in [6.45, 7) is 11.6. The molecular formula is C18H24ClN3O3Si. The molecule has 0 fully saturated rings. The van der Waals surface area contributed by atoms with Crippen LogP contribution in [0, 0.1) is 10.1 Å². The van der Waals surface area contributed by atoms with Crippen LogP contribution in [0.3, 0.4) is 0 Å². The summed E-state index contributed by atoms with van der Waals surface area (Å²) in [5.41, 5.74) is 1.62. The van der Waals surface area contributed by atoms with Gasteiger partial charge < -0.3 is 9.74 Å². The number of anilines is 2. The zero-order valence-corrected chi connectivity index (χ0v) is 17.4. The molecule has 6 nitrogen and oxygen atoms in total. The highest BCUT2D eigenvalue weighted by atomic mass is 35.5. The van der Waals surface area contributed by atoms with Crippen molar-refractivity contribution < 1.29 is 9.35 Å². The summed E-state index contributed by atoms with van der Waals surface area (Å²) >= 11 is 5.85. The molecule has 0 bridgehead atoms. The molecule has 0 aliphatic rings. The van der Waals surface area contributed by atoms with Gasteiger partial charge >= 0.3 is 5.69 Å². The number of hydrogen-bond donors (Lipinski definition) is 1. The Balaban J connectivity index is 2.09. The van der Waals surface area contributed by atoms with Crippen LogP contribution in [0.2, 0.25) is 23.3 Å². The van der Waals surface area contributed by atoms with Gasteiger partial charge in [0.1, 0.15) is 5.15 Å². The van der Waals surface area contributed by atoms with Gasteiger partial charge in [0.2, 0.25) is 5.82 Å². The van der Waals surface area contributed by atoms with Gasteiger partial charge in [-0.25, -0.2) is 4.98 Å². The molecule has 26 heavy (non-hydrogen) atoms. The van der Waals surface area contributed by atoms with E-state index in [2.05, 4.69) is 44.2 Å². The molecule has 0 aliphatic heterocycles. The number of nitro groups is 1. The molecule has 1 aromatic heterocycles. The van der Waals surface area contributed by atoms with Gasteiger partial charge in [-0.2, -0.15) is 0 Å². The first-order valence-electron chi connectivity index (χ1n) is 8.30. The van der Waals surface area contributed by atoms with E-state index in [1.165, 1.54) is 12.1 Å². The first-order chi connectivity index (χ1) is 12.0. The van der Waals surface area contributed by atoms with Crippen LogP contribution in [0.1, 0.15) is 26.3 Å². The molecule has 2 aromatic rings. The summed E-state index contributed by atoms with van der Waals surface area (Å²) in [5, 5.41) is 14.4. The van der Waals surface area contributed by atoms with Crippen molar-refractivity contribution in [1.82, 2.24) is 4.98 Å². The molecule has 2 rings (SSSR count). The topological polar surface area (TPSA) is 77.3 Å². The van der Waals surface area contributed by atoms with Crippen molar-refractivity contribution in [1.29, 1.82) is 0 Å². The van der Waals surface area contributed by atoms with Crippen LogP contribution in [0.15, 0.2) is 36.4 Å². The second-order valence-electron chi connectivity index (χ2n) is 7.63. The Morgan fingerprint density at radius 3 is 2.35 bits per heavy atom. The van der Waals surface area contributed by atoms with E-state index in [9.17, 15) is 10.1 Å². The van der Waals surface area contributed by atoms with E-state index in [0.717, 1.165) is 5.56 Å². The molecule has 0 unspecified atom stereocenters. The lowest BCUT2D eigenvalue weighted by molar-refractivity contribution is -0.384. The van der Waals surface area contributed by atoms with E-state index in [-0.39, 0.29) is 21.7 Å². The average Bonchev–Trinajstić information content (AvgIpc) is 2.53. The maximum atomic E-state index is 11.1. The van der Waals surface area contributed by atoms with Gasteiger partial charge in [-0.1, -0.05) is 44.5 Å². The lowest BCUT2D eigenvalue weighted by atomic mass is 10.2. The molecule has 0 saturated heterocycles. The molecule has 0 spiro atoms. The number of nitrogens with zero attached hydrogens (tertiary/aromatic N) is 2. The third-order valence-corrected chi connectivity index (χ3v) is 9.35. The number of pyridine rings is 1. The van der Waals surface area contributed by atoms with E-state index in [1.54, 1.807) is 0 Å². The summed E-state index contributed by atoms with van der Waals surface area (Å²) < 4.78 is 6.20. The van der Waals surface area contributed by atoms with Gasteiger partial charge in [-0.15, -0.1) is 0 Å². The Hall–Kier alpha value is -1.96. The van der Waals surface area contributed by atoms with Crippen molar-refractivity contribution >= 4 is 37.1 Å². The van der Waals surface area contributed by atoms with E-state index in [0.29, 0.717) is 12.3 Å². The number of aromatic nitrogens is 1. The monoisotopic (exact) mass is 393 g/mol. The fourth-order valence-corrected chi connectivity index (χ4v) is 3.08. The Bertz CT molecular complexity index is 789. The third kappa shape index (κ3) is 5.03. The Morgan fingerprint density at radius 2 is 1.81 bits per heavy atom. The zero-order valence-electron chi connectivity index (χ0n) is 15.7. The van der Waals surface area contributed by atoms with E-state index in [1.807, 2.05) is 24.3 Å². The van der Waals surface area contributed by atoms with E-state index < -0.39 is 13.2 Å². The van der Waals surface area contributed by atoms with Crippen LogP contribution in [0.5, 0.6) is 0 Å². The van der Waals surface area contributed by atoms with Crippen molar-refractivity contribution in [3.8, 4) is 0 Å². The normalized spacial score (nSPS) is 12.1. The van der Waals surface area contributed by atoms with Gasteiger partial charge in [-0.05, 0) is 41.9 Å². The number of rotatable bonds is 6. The first-order valence-corrected chi connectivity index (χ1v) is 11.6. The Morgan fingerprint density at radius 1 is 1.19 bits per heavy atom. The van der Waals surface area contributed by atoms with Crippen molar-refractivity contribution in [3.63, 3.8) is 0 Å². The second-order valence-corrected chi connectivity index (χ2v) is 12.8. The highest BCUT2D eigenvalue weighted by molar-refractivity contribution is 6.74. The minimum atomic E-state index is -1.80. The minimum absolute atomic E-state index is 0.118. The second kappa shape index (κ2) is 7.73. The highest BCUT2D eigenvalue weighted by Gasteiger charge is 2.36. The van der Waals surface area contributed by atoms with Gasteiger partial charge in [-0.3, -0.25) is 10.1 Å². The van der Waals surface area contributed by atoms with E-state index in [4.69, 9.17) is 16.0 Å². The Kier molecular flexibility index (Phi) is 6.05. The molecule has 0 amide bonds. The number of hydrogen-bond acceptors (Lipinski definition) is 5. The summed E-state index contributed by atoms with van der Waals surface area (Å²) in [4.78, 5) is 14.6. The largest absolute Gasteiger partial charge is 0.413 e. The molecule has 8 heteroatoms. The predicted molar refractivity (Wildman–Crippen MR) is 108 cm³/mol. The maximum Gasteiger partial charge on any atom is 0.311 e. The molecule has 1 N–H and O–H groups in total. The molecule has 140 valence electrons. The van der Waals surface area contributed by atoms with Gasteiger partial charge in [0.05, 0.1) is 11.5 Å². The van der Waals surface area contributed by atoms with Crippen LogP contribution in [-0.4, -0.2) is 18.2 Å². The number of nitrogens with one attached hydrogen (secondary N) is 1. The number of benzene rings is 1. The van der Waals surface area contributed by atoms with Gasteiger partial charge in [0, 0.05) is 11.8 Å². The molecular weight excluding hydrogens is 370 g/mol. The molecule has 0 saturated carbocycles. The summed E-state index contributed by atoms with van der Waals surface area (Å²) in [5.74, 6) is 0.118. The molecule has 1 aromatic carbocycles. The van der Waals surface area contributed by atoms with Crippen LogP contribution in [0.4, 0.5) is 17.2 Å². The van der Waals surface area contributed by atoms with Crippen molar-refractivity contribution in [2.24, 2.45) is 0 Å². The lowest BCUT2D eigenvalue weighted by Crippen LogP contribution is -2.40. The van der Waals surface area contributed by atoms with Crippen LogP contribution in [-0.2, 0) is 11.0 Å². The molecule has 0 radical (unpaired) electrons. The van der Waals surface area contributed by atoms with Crippen LogP contribution >= 0.6 is 11.6 Å². The standard InChI is InChI=1S/C18H24ClN3O3Si/c1-18(2,3)26(4,5)25-12-13-6-8-14(9-7-13)20-17-15(22(23)24)10-11-16(19)21-17/h6-11H,12H2,1-5H3,(H,20,21). The predicted octanol–water partition coefficient (Wildman–Crippen LogP) is 5.91. The minimum Gasteiger partial charge on any atom is -0.413 e. The smallest absolute Gasteiger partial charge is 0.311 e. The van der Waals surface area contributed by atoms with Crippen LogP contribution < -0.4 is 5.32 Å². The first kappa shape index (κ1) is 20.4. The van der Waals surface area contributed by atoms with Gasteiger partial charge in [0.25, 0.3) is 0 Å². The third-order valence-electron chi connectivity index (χ3n) is 4.66. The summed E-state index contributed by atoms with van der Waals surface area (Å²) in [6.07, 6.45) is 0. The van der Waals surface area contributed by atoms with Crippen LogP contribution in [0.25, 0.3) is 0 Å². The fraction of sp³-hybridized carbons (Fsp3) is 0.389. The quantitative estimate of drug-likeness (QED) is 0.285. The number of halogens is 1. The van der Waals surface area contributed by atoms with Crippen molar-refractivity contribution in [3.05, 3.63) is 57.2 Å².